The molecule has 1 aliphatic rings. The molecule has 0 N–H and O–H groups in total. The van der Waals surface area contributed by atoms with Crippen molar-refractivity contribution >= 4 is 5.91 Å². The number of likely N-dealkylation sites (tertiary alicyclic amines) is 1. The maximum Gasteiger partial charge on any atom is 0.272 e. The zero-order valence-electron chi connectivity index (χ0n) is 14.5. The highest BCUT2D eigenvalue weighted by atomic mass is 16.2. The van der Waals surface area contributed by atoms with Crippen LogP contribution in [0.4, 0.5) is 0 Å². The third kappa shape index (κ3) is 2.73. The van der Waals surface area contributed by atoms with Gasteiger partial charge in [0, 0.05) is 43.8 Å². The third-order valence-electron chi connectivity index (χ3n) is 4.87. The van der Waals surface area contributed by atoms with Gasteiger partial charge in [-0.05, 0) is 19.4 Å². The van der Waals surface area contributed by atoms with Crippen molar-refractivity contribution in [2.45, 2.75) is 19.4 Å². The van der Waals surface area contributed by atoms with Crippen molar-refractivity contribution in [2.24, 2.45) is 7.05 Å². The summed E-state index contributed by atoms with van der Waals surface area (Å²) in [6, 6.07) is 12.2. The number of carbonyl (C=O) groups is 1. The number of rotatable bonds is 3. The topological polar surface area (TPSA) is 56.0 Å². The van der Waals surface area contributed by atoms with Gasteiger partial charge >= 0.3 is 0 Å². The zero-order chi connectivity index (χ0) is 17.4. The SMILES string of the molecule is Cc1cnc(-c2ccccc2)n1C1CCN(C(=O)c2ccnn2C)C1. The fourth-order valence-corrected chi connectivity index (χ4v) is 3.59. The Morgan fingerprint density at radius 3 is 2.72 bits per heavy atom. The second-order valence-electron chi connectivity index (χ2n) is 6.49. The predicted octanol–water partition coefficient (Wildman–Crippen LogP) is 2.68. The average molecular weight is 335 g/mol. The fraction of sp³-hybridized carbons (Fsp3) is 0.316. The van der Waals surface area contributed by atoms with Gasteiger partial charge in [-0.3, -0.25) is 9.48 Å². The van der Waals surface area contributed by atoms with Crippen molar-refractivity contribution in [1.29, 1.82) is 0 Å². The lowest BCUT2D eigenvalue weighted by atomic mass is 10.2. The van der Waals surface area contributed by atoms with Gasteiger partial charge in [-0.25, -0.2) is 4.98 Å². The van der Waals surface area contributed by atoms with Crippen LogP contribution in [0.1, 0.15) is 28.6 Å². The molecule has 25 heavy (non-hydrogen) atoms. The van der Waals surface area contributed by atoms with E-state index in [9.17, 15) is 4.79 Å². The number of hydrogen-bond acceptors (Lipinski definition) is 3. The van der Waals surface area contributed by atoms with Crippen molar-refractivity contribution in [1.82, 2.24) is 24.2 Å². The van der Waals surface area contributed by atoms with Crippen LogP contribution in [0.15, 0.2) is 48.8 Å². The van der Waals surface area contributed by atoms with Crippen molar-refractivity contribution in [2.75, 3.05) is 13.1 Å². The minimum absolute atomic E-state index is 0.0431. The molecular weight excluding hydrogens is 314 g/mol. The van der Waals surface area contributed by atoms with Crippen LogP contribution in [0.3, 0.4) is 0 Å². The van der Waals surface area contributed by atoms with E-state index in [-0.39, 0.29) is 11.9 Å². The summed E-state index contributed by atoms with van der Waals surface area (Å²) in [6.07, 6.45) is 4.50. The number of aryl methyl sites for hydroxylation is 2. The largest absolute Gasteiger partial charge is 0.335 e. The molecule has 4 rings (SSSR count). The number of benzene rings is 1. The summed E-state index contributed by atoms with van der Waals surface area (Å²) in [6.45, 7) is 3.52. The predicted molar refractivity (Wildman–Crippen MR) is 95.2 cm³/mol. The molecule has 3 heterocycles. The van der Waals surface area contributed by atoms with E-state index in [2.05, 4.69) is 33.7 Å². The van der Waals surface area contributed by atoms with Gasteiger partial charge in [-0.2, -0.15) is 5.10 Å². The number of imidazole rings is 1. The van der Waals surface area contributed by atoms with Crippen LogP contribution in [0.5, 0.6) is 0 Å². The van der Waals surface area contributed by atoms with Crippen LogP contribution >= 0.6 is 0 Å². The van der Waals surface area contributed by atoms with Crippen LogP contribution in [0.2, 0.25) is 0 Å². The van der Waals surface area contributed by atoms with Gasteiger partial charge in [0.05, 0.1) is 6.04 Å². The van der Waals surface area contributed by atoms with E-state index in [1.54, 1.807) is 24.0 Å². The summed E-state index contributed by atoms with van der Waals surface area (Å²) in [4.78, 5) is 19.2. The van der Waals surface area contributed by atoms with Gasteiger partial charge in [0.15, 0.2) is 0 Å². The molecule has 1 amide bonds. The zero-order valence-corrected chi connectivity index (χ0v) is 14.5. The molecule has 0 spiro atoms. The van der Waals surface area contributed by atoms with Crippen LogP contribution in [0.25, 0.3) is 11.4 Å². The van der Waals surface area contributed by atoms with Gasteiger partial charge in [0.2, 0.25) is 0 Å². The molecule has 1 aromatic carbocycles. The van der Waals surface area contributed by atoms with E-state index in [0.717, 1.165) is 30.0 Å². The summed E-state index contributed by atoms with van der Waals surface area (Å²) < 4.78 is 3.90. The molecule has 1 atom stereocenters. The highest BCUT2D eigenvalue weighted by Crippen LogP contribution is 2.30. The van der Waals surface area contributed by atoms with Crippen molar-refractivity contribution in [3.05, 3.63) is 60.2 Å². The smallest absolute Gasteiger partial charge is 0.272 e. The summed E-state index contributed by atoms with van der Waals surface area (Å²) in [7, 11) is 1.80. The molecule has 0 aliphatic carbocycles. The molecule has 1 unspecified atom stereocenters. The van der Waals surface area contributed by atoms with Gasteiger partial charge in [-0.1, -0.05) is 30.3 Å². The first kappa shape index (κ1) is 15.6. The van der Waals surface area contributed by atoms with Gasteiger partial charge in [0.1, 0.15) is 11.5 Å². The normalized spacial score (nSPS) is 17.2. The first-order valence-electron chi connectivity index (χ1n) is 8.51. The Balaban J connectivity index is 1.60. The molecular formula is C19H21N5O. The molecule has 1 fully saturated rings. The van der Waals surface area contributed by atoms with E-state index in [1.807, 2.05) is 29.3 Å². The van der Waals surface area contributed by atoms with Crippen LogP contribution in [-0.4, -0.2) is 43.2 Å². The highest BCUT2D eigenvalue weighted by molar-refractivity contribution is 5.92. The Hall–Kier alpha value is -2.89. The Labute approximate surface area is 146 Å². The van der Waals surface area contributed by atoms with Crippen molar-refractivity contribution < 1.29 is 4.79 Å². The molecule has 0 bridgehead atoms. The molecule has 3 aromatic rings. The second-order valence-corrected chi connectivity index (χ2v) is 6.49. The lowest BCUT2D eigenvalue weighted by Crippen LogP contribution is -2.30. The lowest BCUT2D eigenvalue weighted by Gasteiger charge is -2.19. The highest BCUT2D eigenvalue weighted by Gasteiger charge is 2.31. The molecule has 0 radical (unpaired) electrons. The Morgan fingerprint density at radius 1 is 1.20 bits per heavy atom. The summed E-state index contributed by atoms with van der Waals surface area (Å²) in [5.74, 6) is 1.01. The molecule has 0 saturated carbocycles. The van der Waals surface area contributed by atoms with E-state index >= 15 is 0 Å². The number of carbonyl (C=O) groups excluding carboxylic acids is 1. The number of hydrogen-bond donors (Lipinski definition) is 0. The molecule has 6 heteroatoms. The molecule has 6 nitrogen and oxygen atoms in total. The molecule has 128 valence electrons. The van der Waals surface area contributed by atoms with Gasteiger partial charge in [-0.15, -0.1) is 0 Å². The summed E-state index contributed by atoms with van der Waals surface area (Å²) in [5, 5.41) is 4.10. The monoisotopic (exact) mass is 335 g/mol. The number of nitrogens with zero attached hydrogens (tertiary/aromatic N) is 5. The minimum atomic E-state index is 0.0431. The van der Waals surface area contributed by atoms with Gasteiger partial charge in [0.25, 0.3) is 5.91 Å². The Morgan fingerprint density at radius 2 is 2.00 bits per heavy atom. The maximum atomic E-state index is 12.7. The van der Waals surface area contributed by atoms with E-state index < -0.39 is 0 Å². The summed E-state index contributed by atoms with van der Waals surface area (Å²) >= 11 is 0. The average Bonchev–Trinajstić information content (AvgIpc) is 3.34. The lowest BCUT2D eigenvalue weighted by molar-refractivity contribution is 0.0776. The van der Waals surface area contributed by atoms with E-state index in [0.29, 0.717) is 12.2 Å². The fourth-order valence-electron chi connectivity index (χ4n) is 3.59. The maximum absolute atomic E-state index is 12.7. The number of aromatic nitrogens is 4. The minimum Gasteiger partial charge on any atom is -0.335 e. The first-order chi connectivity index (χ1) is 12.1. The van der Waals surface area contributed by atoms with Crippen LogP contribution in [0, 0.1) is 6.92 Å². The molecule has 2 aromatic heterocycles. The van der Waals surface area contributed by atoms with Crippen LogP contribution in [-0.2, 0) is 7.05 Å². The Kier molecular flexibility index (Phi) is 3.87. The standard InChI is InChI=1S/C19H21N5O/c1-14-12-20-18(15-6-4-3-5-7-15)24(14)16-9-11-23(13-16)19(25)17-8-10-21-22(17)2/h3-8,10,12,16H,9,11,13H2,1-2H3. The van der Waals surface area contributed by atoms with E-state index in [1.165, 1.54) is 0 Å². The van der Waals surface area contributed by atoms with Crippen molar-refractivity contribution in [3.8, 4) is 11.4 Å². The van der Waals surface area contributed by atoms with Gasteiger partial charge < -0.3 is 9.47 Å². The Bertz CT molecular complexity index is 896. The number of amides is 1. The van der Waals surface area contributed by atoms with E-state index in [4.69, 9.17) is 0 Å². The quantitative estimate of drug-likeness (QED) is 0.739. The van der Waals surface area contributed by atoms with Crippen LogP contribution < -0.4 is 0 Å². The third-order valence-corrected chi connectivity index (χ3v) is 4.87. The molecule has 1 saturated heterocycles. The molecule has 1 aliphatic heterocycles. The second kappa shape index (κ2) is 6.20. The van der Waals surface area contributed by atoms with Crippen molar-refractivity contribution in [3.63, 3.8) is 0 Å². The summed E-state index contributed by atoms with van der Waals surface area (Å²) in [5.41, 5.74) is 2.86. The first-order valence-corrected chi connectivity index (χ1v) is 8.51.